The molecular weight excluding hydrogens is 256 g/mol. The normalized spacial score (nSPS) is 36.1. The van der Waals surface area contributed by atoms with E-state index in [1.54, 1.807) is 0 Å². The fraction of sp³-hybridized carbons (Fsp3) is 0.474. The third-order valence-electron chi connectivity index (χ3n) is 5.97. The van der Waals surface area contributed by atoms with Gasteiger partial charge in [-0.05, 0) is 66.4 Å². The molecular formula is C19H18N2. The van der Waals surface area contributed by atoms with Gasteiger partial charge < -0.3 is 0 Å². The quantitative estimate of drug-likeness (QED) is 0.723. The van der Waals surface area contributed by atoms with E-state index in [1.165, 1.54) is 30.4 Å². The van der Waals surface area contributed by atoms with E-state index in [0.29, 0.717) is 22.8 Å². The highest BCUT2D eigenvalue weighted by Gasteiger charge is 2.54. The molecule has 0 radical (unpaired) electrons. The Balaban J connectivity index is 1.79. The first-order chi connectivity index (χ1) is 10.3. The molecule has 2 nitrogen and oxygen atoms in total. The van der Waals surface area contributed by atoms with Crippen molar-refractivity contribution < 1.29 is 0 Å². The van der Waals surface area contributed by atoms with Crippen molar-refractivity contribution in [3.63, 3.8) is 0 Å². The molecule has 0 amide bonds. The number of nitrogens with zero attached hydrogens (tertiary/aromatic N) is 2. The molecule has 4 aliphatic rings. The summed E-state index contributed by atoms with van der Waals surface area (Å²) in [6, 6.07) is 15.2. The van der Waals surface area contributed by atoms with E-state index in [0.717, 1.165) is 18.8 Å². The van der Waals surface area contributed by atoms with Gasteiger partial charge in [-0.2, -0.15) is 10.5 Å². The molecule has 1 aromatic carbocycles. The maximum atomic E-state index is 9.26. The molecule has 4 atom stereocenters. The van der Waals surface area contributed by atoms with Gasteiger partial charge in [-0.15, -0.1) is 0 Å². The SMILES string of the molecule is N#CC(C#N)=C1[C@@H]2CC3C[C@H]1CC(c1ccccc1)(C3)C2. The van der Waals surface area contributed by atoms with Gasteiger partial charge in [-0.1, -0.05) is 30.3 Å². The molecule has 4 saturated carbocycles. The minimum absolute atomic E-state index is 0.303. The zero-order valence-corrected chi connectivity index (χ0v) is 12.0. The summed E-state index contributed by atoms with van der Waals surface area (Å²) < 4.78 is 0. The fourth-order valence-corrected chi connectivity index (χ4v) is 5.49. The monoisotopic (exact) mass is 274 g/mol. The Hall–Kier alpha value is -2.06. The van der Waals surface area contributed by atoms with Gasteiger partial charge in [0.15, 0.2) is 0 Å². The smallest absolute Gasteiger partial charge is 0.129 e. The number of hydrogen-bond donors (Lipinski definition) is 0. The molecule has 4 aliphatic carbocycles. The summed E-state index contributed by atoms with van der Waals surface area (Å²) in [5, 5.41) is 18.5. The van der Waals surface area contributed by atoms with E-state index in [-0.39, 0.29) is 0 Å². The van der Waals surface area contributed by atoms with Crippen molar-refractivity contribution >= 4 is 0 Å². The lowest BCUT2D eigenvalue weighted by molar-refractivity contribution is 0.0398. The van der Waals surface area contributed by atoms with Gasteiger partial charge >= 0.3 is 0 Å². The molecule has 104 valence electrons. The zero-order chi connectivity index (χ0) is 14.4. The Morgan fingerprint density at radius 2 is 1.57 bits per heavy atom. The van der Waals surface area contributed by atoms with E-state index in [1.807, 2.05) is 0 Å². The van der Waals surface area contributed by atoms with Crippen LogP contribution in [0.3, 0.4) is 0 Å². The number of nitriles is 2. The molecule has 0 heterocycles. The van der Waals surface area contributed by atoms with E-state index in [9.17, 15) is 10.5 Å². The van der Waals surface area contributed by atoms with E-state index < -0.39 is 0 Å². The molecule has 4 fully saturated rings. The standard InChI is InChI=1S/C19H18N2/c20-11-16(12-21)18-14-6-13-7-15(18)10-19(8-13,9-14)17-4-2-1-3-5-17/h1-5,13-15H,6-10H2/t13?,14-,15+,19?. The second-order valence-electron chi connectivity index (χ2n) is 7.04. The van der Waals surface area contributed by atoms with Crippen molar-refractivity contribution in [1.29, 1.82) is 10.5 Å². The van der Waals surface area contributed by atoms with Gasteiger partial charge in [0.05, 0.1) is 0 Å². The Labute approximate surface area is 125 Å². The highest BCUT2D eigenvalue weighted by molar-refractivity contribution is 5.46. The highest BCUT2D eigenvalue weighted by Crippen LogP contribution is 2.63. The van der Waals surface area contributed by atoms with E-state index >= 15 is 0 Å². The molecule has 0 aromatic heterocycles. The summed E-state index contributed by atoms with van der Waals surface area (Å²) in [5.41, 5.74) is 3.38. The Morgan fingerprint density at radius 1 is 0.952 bits per heavy atom. The average Bonchev–Trinajstić information content (AvgIpc) is 2.51. The van der Waals surface area contributed by atoms with E-state index in [4.69, 9.17) is 0 Å². The maximum Gasteiger partial charge on any atom is 0.129 e. The predicted octanol–water partition coefficient (Wildman–Crippen LogP) is 4.11. The first-order valence-corrected chi connectivity index (χ1v) is 7.85. The third-order valence-corrected chi connectivity index (χ3v) is 5.97. The summed E-state index contributed by atoms with van der Waals surface area (Å²) in [6.45, 7) is 0. The van der Waals surface area contributed by atoms with Crippen LogP contribution in [0.15, 0.2) is 41.5 Å². The van der Waals surface area contributed by atoms with Crippen LogP contribution >= 0.6 is 0 Å². The Morgan fingerprint density at radius 3 is 2.14 bits per heavy atom. The van der Waals surface area contributed by atoms with Crippen molar-refractivity contribution in [2.75, 3.05) is 0 Å². The van der Waals surface area contributed by atoms with Gasteiger partial charge in [-0.3, -0.25) is 0 Å². The van der Waals surface area contributed by atoms with Crippen molar-refractivity contribution in [2.24, 2.45) is 17.8 Å². The lowest BCUT2D eigenvalue weighted by Crippen LogP contribution is -2.50. The Kier molecular flexibility index (Phi) is 2.69. The maximum absolute atomic E-state index is 9.26. The molecule has 2 heteroatoms. The molecule has 21 heavy (non-hydrogen) atoms. The van der Waals surface area contributed by atoms with Gasteiger partial charge in [-0.25, -0.2) is 0 Å². The van der Waals surface area contributed by atoms with Crippen molar-refractivity contribution in [2.45, 2.75) is 37.5 Å². The third kappa shape index (κ3) is 1.76. The first-order valence-electron chi connectivity index (χ1n) is 7.85. The van der Waals surface area contributed by atoms with Gasteiger partial charge in [0.1, 0.15) is 17.7 Å². The van der Waals surface area contributed by atoms with E-state index in [2.05, 4.69) is 42.5 Å². The predicted molar refractivity (Wildman–Crippen MR) is 79.9 cm³/mol. The van der Waals surface area contributed by atoms with Crippen LogP contribution in [0.2, 0.25) is 0 Å². The van der Waals surface area contributed by atoms with Gasteiger partial charge in [0.2, 0.25) is 0 Å². The van der Waals surface area contributed by atoms with Crippen LogP contribution in [0.4, 0.5) is 0 Å². The van der Waals surface area contributed by atoms with Crippen molar-refractivity contribution in [1.82, 2.24) is 0 Å². The largest absolute Gasteiger partial charge is 0.192 e. The zero-order valence-electron chi connectivity index (χ0n) is 12.0. The van der Waals surface area contributed by atoms with Crippen molar-refractivity contribution in [3.8, 4) is 12.1 Å². The number of hydrogen-bond acceptors (Lipinski definition) is 2. The van der Waals surface area contributed by atoms with Crippen LogP contribution in [0.1, 0.15) is 37.7 Å². The second-order valence-corrected chi connectivity index (χ2v) is 7.04. The molecule has 0 N–H and O–H groups in total. The summed E-state index contributed by atoms with van der Waals surface area (Å²) in [7, 11) is 0. The van der Waals surface area contributed by atoms with Crippen LogP contribution < -0.4 is 0 Å². The highest BCUT2D eigenvalue weighted by atomic mass is 14.6. The van der Waals surface area contributed by atoms with Crippen LogP contribution in [0.25, 0.3) is 0 Å². The molecule has 2 unspecified atom stereocenters. The second kappa shape index (κ2) is 4.47. The minimum atomic E-state index is 0.303. The molecule has 0 aliphatic heterocycles. The lowest BCUT2D eigenvalue weighted by atomic mass is 9.46. The van der Waals surface area contributed by atoms with Crippen molar-refractivity contribution in [3.05, 3.63) is 47.0 Å². The number of allylic oxidation sites excluding steroid dienone is 2. The fourth-order valence-electron chi connectivity index (χ4n) is 5.49. The van der Waals surface area contributed by atoms with Gasteiger partial charge in [0, 0.05) is 0 Å². The van der Waals surface area contributed by atoms with Crippen LogP contribution in [-0.4, -0.2) is 0 Å². The topological polar surface area (TPSA) is 47.6 Å². The lowest BCUT2D eigenvalue weighted by Gasteiger charge is -2.58. The summed E-state index contributed by atoms with van der Waals surface area (Å²) in [5.74, 6) is 1.71. The molecule has 0 saturated heterocycles. The van der Waals surface area contributed by atoms with Crippen LogP contribution in [-0.2, 0) is 5.41 Å². The van der Waals surface area contributed by atoms with Gasteiger partial charge in [0.25, 0.3) is 0 Å². The molecule has 4 bridgehead atoms. The minimum Gasteiger partial charge on any atom is -0.192 e. The van der Waals surface area contributed by atoms with Crippen LogP contribution in [0.5, 0.6) is 0 Å². The average molecular weight is 274 g/mol. The number of benzene rings is 1. The molecule has 5 rings (SSSR count). The molecule has 1 aromatic rings. The van der Waals surface area contributed by atoms with Crippen LogP contribution in [0, 0.1) is 40.4 Å². The summed E-state index contributed by atoms with van der Waals surface area (Å²) >= 11 is 0. The number of rotatable bonds is 1. The summed E-state index contributed by atoms with van der Waals surface area (Å²) in [6.07, 6.45) is 5.94. The molecule has 0 spiro atoms. The summed E-state index contributed by atoms with van der Waals surface area (Å²) in [4.78, 5) is 0. The Bertz CT molecular complexity index is 653. The first kappa shape index (κ1) is 12.7.